The Balaban J connectivity index is 2.80. The highest BCUT2D eigenvalue weighted by atomic mass is 16.6. The molecule has 0 aromatic carbocycles. The smallest absolute Gasteiger partial charge is 0.142 e. The zero-order chi connectivity index (χ0) is 10.1. The Morgan fingerprint density at radius 1 is 1.62 bits per heavy atom. The fourth-order valence-corrected chi connectivity index (χ4v) is 1.92. The van der Waals surface area contributed by atoms with Crippen molar-refractivity contribution in [3.05, 3.63) is 0 Å². The van der Waals surface area contributed by atoms with Gasteiger partial charge in [-0.1, -0.05) is 6.92 Å². The molecule has 1 fully saturated rings. The van der Waals surface area contributed by atoms with Crippen LogP contribution in [0.25, 0.3) is 0 Å². The van der Waals surface area contributed by atoms with Gasteiger partial charge in [-0.15, -0.1) is 0 Å². The number of methoxy groups -OCH3 is 1. The summed E-state index contributed by atoms with van der Waals surface area (Å²) in [6, 6.07) is -0.174. The maximum absolute atomic E-state index is 9.86. The molecule has 0 aromatic heterocycles. The van der Waals surface area contributed by atoms with E-state index in [9.17, 15) is 10.2 Å². The van der Waals surface area contributed by atoms with E-state index in [1.165, 1.54) is 7.11 Å². The van der Waals surface area contributed by atoms with E-state index in [2.05, 4.69) is 0 Å². The molecule has 1 saturated heterocycles. The van der Waals surface area contributed by atoms with Crippen molar-refractivity contribution in [3.8, 4) is 0 Å². The fraction of sp³-hybridized carbons (Fsp3) is 1.00. The standard InChI is InChI=1S/C8H17BO4/c1-3-8(4-10)6(11)5(12-2)7(9)13-8/h5-7,10-11H,3-4,9H2,1-2H3/t5-,6+,7-,8-/m1/s1. The van der Waals surface area contributed by atoms with Gasteiger partial charge >= 0.3 is 0 Å². The Labute approximate surface area is 79.3 Å². The average Bonchev–Trinajstić information content (AvgIpc) is 2.38. The summed E-state index contributed by atoms with van der Waals surface area (Å²) in [4.78, 5) is 0. The summed E-state index contributed by atoms with van der Waals surface area (Å²) >= 11 is 0. The second-order valence-electron chi connectivity index (χ2n) is 3.54. The van der Waals surface area contributed by atoms with Crippen LogP contribution in [0.1, 0.15) is 13.3 Å². The van der Waals surface area contributed by atoms with Gasteiger partial charge < -0.3 is 19.7 Å². The second kappa shape index (κ2) is 3.96. The first-order valence-corrected chi connectivity index (χ1v) is 4.61. The number of ether oxygens (including phenoxy) is 2. The summed E-state index contributed by atoms with van der Waals surface area (Å²) in [6.07, 6.45) is -0.510. The molecule has 1 aliphatic heterocycles. The van der Waals surface area contributed by atoms with E-state index < -0.39 is 11.7 Å². The molecule has 1 rings (SSSR count). The van der Waals surface area contributed by atoms with Gasteiger partial charge in [0.15, 0.2) is 0 Å². The van der Waals surface area contributed by atoms with Crippen LogP contribution < -0.4 is 0 Å². The molecule has 1 heterocycles. The van der Waals surface area contributed by atoms with Crippen molar-refractivity contribution in [2.24, 2.45) is 0 Å². The van der Waals surface area contributed by atoms with Crippen molar-refractivity contribution in [1.82, 2.24) is 0 Å². The summed E-state index contributed by atoms with van der Waals surface area (Å²) in [5.74, 6) is 0. The molecule has 2 N–H and O–H groups in total. The molecule has 0 aromatic rings. The van der Waals surface area contributed by atoms with Crippen LogP contribution in [0.4, 0.5) is 0 Å². The molecule has 0 spiro atoms. The Hall–Kier alpha value is -0.0951. The molecule has 1 aliphatic rings. The summed E-state index contributed by atoms with van der Waals surface area (Å²) in [7, 11) is 3.38. The van der Waals surface area contributed by atoms with Gasteiger partial charge in [-0.3, -0.25) is 0 Å². The minimum absolute atomic E-state index is 0.172. The third-order valence-electron chi connectivity index (χ3n) is 2.87. The molecule has 4 nitrogen and oxygen atoms in total. The highest BCUT2D eigenvalue weighted by Gasteiger charge is 2.51. The first kappa shape index (κ1) is 11.0. The van der Waals surface area contributed by atoms with Crippen molar-refractivity contribution < 1.29 is 19.7 Å². The molecule has 5 heteroatoms. The van der Waals surface area contributed by atoms with E-state index in [1.807, 2.05) is 14.8 Å². The lowest BCUT2D eigenvalue weighted by molar-refractivity contribution is -0.102. The third-order valence-corrected chi connectivity index (χ3v) is 2.87. The van der Waals surface area contributed by atoms with Crippen LogP contribution >= 0.6 is 0 Å². The molecule has 0 aliphatic carbocycles. The van der Waals surface area contributed by atoms with Gasteiger partial charge in [0.2, 0.25) is 0 Å². The van der Waals surface area contributed by atoms with Gasteiger partial charge in [0.25, 0.3) is 0 Å². The normalized spacial score (nSPS) is 45.4. The van der Waals surface area contributed by atoms with Crippen LogP contribution in [0.2, 0.25) is 0 Å². The molecule has 0 amide bonds. The third kappa shape index (κ3) is 1.61. The van der Waals surface area contributed by atoms with Gasteiger partial charge in [-0.25, -0.2) is 0 Å². The van der Waals surface area contributed by atoms with Gasteiger partial charge in [0, 0.05) is 7.11 Å². The highest BCUT2D eigenvalue weighted by molar-refractivity contribution is 6.11. The first-order chi connectivity index (χ1) is 6.11. The van der Waals surface area contributed by atoms with Crippen molar-refractivity contribution in [3.63, 3.8) is 0 Å². The van der Waals surface area contributed by atoms with Crippen LogP contribution in [0.5, 0.6) is 0 Å². The molecule has 4 atom stereocenters. The molecule has 76 valence electrons. The van der Waals surface area contributed by atoms with E-state index in [-0.39, 0.29) is 18.7 Å². The van der Waals surface area contributed by atoms with E-state index in [1.54, 1.807) is 0 Å². The van der Waals surface area contributed by atoms with Gasteiger partial charge in [-0.05, 0) is 6.42 Å². The van der Waals surface area contributed by atoms with Crippen molar-refractivity contribution >= 4 is 7.85 Å². The number of hydrogen-bond donors (Lipinski definition) is 2. The molecule has 0 radical (unpaired) electrons. The second-order valence-corrected chi connectivity index (χ2v) is 3.54. The summed E-state index contributed by atoms with van der Waals surface area (Å²) in [6.45, 7) is 1.71. The number of rotatable bonds is 3. The number of aliphatic hydroxyl groups excluding tert-OH is 2. The van der Waals surface area contributed by atoms with E-state index >= 15 is 0 Å². The highest BCUT2D eigenvalue weighted by Crippen LogP contribution is 2.33. The van der Waals surface area contributed by atoms with Crippen LogP contribution in [0, 0.1) is 0 Å². The Morgan fingerprint density at radius 2 is 2.23 bits per heavy atom. The zero-order valence-corrected chi connectivity index (χ0v) is 8.36. The van der Waals surface area contributed by atoms with E-state index in [4.69, 9.17) is 9.47 Å². The maximum atomic E-state index is 9.86. The lowest BCUT2D eigenvalue weighted by atomic mass is 9.88. The van der Waals surface area contributed by atoms with Gasteiger partial charge in [0.1, 0.15) is 25.7 Å². The van der Waals surface area contributed by atoms with Crippen LogP contribution in [0.3, 0.4) is 0 Å². The largest absolute Gasteiger partial charge is 0.393 e. The van der Waals surface area contributed by atoms with Gasteiger partial charge in [0.05, 0.1) is 12.6 Å². The molecule has 0 unspecified atom stereocenters. The van der Waals surface area contributed by atoms with Crippen LogP contribution in [-0.4, -0.2) is 55.6 Å². The summed E-state index contributed by atoms with van der Waals surface area (Å²) in [5, 5.41) is 19.0. The van der Waals surface area contributed by atoms with Crippen molar-refractivity contribution in [2.45, 2.75) is 37.2 Å². The Bertz CT molecular complexity index is 172. The Kier molecular flexibility index (Phi) is 3.35. The van der Waals surface area contributed by atoms with Crippen LogP contribution in [0.15, 0.2) is 0 Å². The summed E-state index contributed by atoms with van der Waals surface area (Å²) < 4.78 is 10.6. The lowest BCUT2D eigenvalue weighted by Crippen LogP contribution is -2.46. The molecule has 13 heavy (non-hydrogen) atoms. The van der Waals surface area contributed by atoms with E-state index in [0.29, 0.717) is 6.42 Å². The number of hydrogen-bond acceptors (Lipinski definition) is 4. The fourth-order valence-electron chi connectivity index (χ4n) is 1.92. The lowest BCUT2D eigenvalue weighted by Gasteiger charge is -2.28. The van der Waals surface area contributed by atoms with Gasteiger partial charge in [-0.2, -0.15) is 0 Å². The summed E-state index contributed by atoms with van der Waals surface area (Å²) in [5.41, 5.74) is -0.833. The van der Waals surface area contributed by atoms with Crippen LogP contribution in [-0.2, 0) is 9.47 Å². The molecule has 0 bridgehead atoms. The SMILES string of the molecule is B[C@@H]1O[C@](CC)(CO)[C@@H](O)[C@H]1OC. The monoisotopic (exact) mass is 188 g/mol. The quantitative estimate of drug-likeness (QED) is 0.529. The molecular weight excluding hydrogens is 171 g/mol. The minimum Gasteiger partial charge on any atom is -0.393 e. The van der Waals surface area contributed by atoms with E-state index in [0.717, 1.165) is 0 Å². The zero-order valence-electron chi connectivity index (χ0n) is 8.36. The Morgan fingerprint density at radius 3 is 2.46 bits per heavy atom. The van der Waals surface area contributed by atoms with Crippen molar-refractivity contribution in [2.75, 3.05) is 13.7 Å². The predicted octanol–water partition coefficient (Wildman–Crippen LogP) is -1.51. The number of aliphatic hydroxyl groups is 2. The average molecular weight is 188 g/mol. The molecular formula is C8H17BO4. The maximum Gasteiger partial charge on any atom is 0.142 e. The predicted molar refractivity (Wildman–Crippen MR) is 50.3 cm³/mol. The molecule has 0 saturated carbocycles. The van der Waals surface area contributed by atoms with Crippen molar-refractivity contribution in [1.29, 1.82) is 0 Å². The topological polar surface area (TPSA) is 58.9 Å². The first-order valence-electron chi connectivity index (χ1n) is 4.61. The minimum atomic E-state index is -0.833.